The van der Waals surface area contributed by atoms with Crippen molar-refractivity contribution in [3.05, 3.63) is 42.5 Å². The number of fused-ring (bicyclic) bond motifs is 1. The van der Waals surface area contributed by atoms with Crippen LogP contribution in [0.3, 0.4) is 0 Å². The van der Waals surface area contributed by atoms with E-state index in [1.165, 1.54) is 0 Å². The van der Waals surface area contributed by atoms with Crippen molar-refractivity contribution in [3.63, 3.8) is 0 Å². The molecule has 2 amide bonds. The van der Waals surface area contributed by atoms with E-state index in [4.69, 9.17) is 9.47 Å². The van der Waals surface area contributed by atoms with Gasteiger partial charge in [0.2, 0.25) is 0 Å². The Morgan fingerprint density at radius 1 is 1.00 bits per heavy atom. The zero-order valence-corrected chi connectivity index (χ0v) is 16.7. The predicted molar refractivity (Wildman–Crippen MR) is 110 cm³/mol. The average Bonchev–Trinajstić information content (AvgIpc) is 2.68. The lowest BCUT2D eigenvalue weighted by molar-refractivity contribution is -0.862. The van der Waals surface area contributed by atoms with E-state index in [9.17, 15) is 9.59 Å². The summed E-state index contributed by atoms with van der Waals surface area (Å²) in [6.07, 6.45) is 1.96. The smallest absolute Gasteiger partial charge is 0.279 e. The van der Waals surface area contributed by atoms with E-state index in [1.54, 1.807) is 30.0 Å². The fourth-order valence-corrected chi connectivity index (χ4v) is 3.43. The molecule has 1 aliphatic heterocycles. The monoisotopic (exact) mass is 402 g/mol. The first-order chi connectivity index (χ1) is 13.5. The lowest BCUT2D eigenvalue weighted by Crippen LogP contribution is -3.11. The lowest BCUT2D eigenvalue weighted by atomic mass is 10.2. The molecule has 2 aromatic carbocycles. The number of likely N-dealkylation sites (N-methyl/N-ethyl adjacent to an activating group) is 1. The molecule has 3 rings (SSSR count). The Labute approximate surface area is 168 Å². The van der Waals surface area contributed by atoms with E-state index in [0.29, 0.717) is 30.4 Å². The maximum Gasteiger partial charge on any atom is 0.279 e. The number of anilines is 2. The highest BCUT2D eigenvalue weighted by Crippen LogP contribution is 2.32. The first kappa shape index (κ1) is 20.0. The van der Waals surface area contributed by atoms with Gasteiger partial charge >= 0.3 is 0 Å². The summed E-state index contributed by atoms with van der Waals surface area (Å²) in [5.74, 6) is 0.989. The van der Waals surface area contributed by atoms with Crippen molar-refractivity contribution < 1.29 is 24.0 Å². The van der Waals surface area contributed by atoms with Gasteiger partial charge in [0.15, 0.2) is 24.6 Å². The Kier molecular flexibility index (Phi) is 6.78. The Morgan fingerprint density at radius 3 is 2.43 bits per heavy atom. The highest BCUT2D eigenvalue weighted by atomic mass is 32.2. The Bertz CT molecular complexity index is 859. The third-order valence-corrected chi connectivity index (χ3v) is 4.93. The van der Waals surface area contributed by atoms with E-state index < -0.39 is 0 Å². The average molecular weight is 402 g/mol. The molecule has 1 atom stereocenters. The number of carbonyl (C=O) groups excluding carboxylic acids is 2. The van der Waals surface area contributed by atoms with Crippen LogP contribution in [0.25, 0.3) is 0 Å². The fraction of sp³-hybridized carbons (Fsp3) is 0.300. The zero-order chi connectivity index (χ0) is 19.9. The van der Waals surface area contributed by atoms with Crippen molar-refractivity contribution >= 4 is 35.0 Å². The summed E-state index contributed by atoms with van der Waals surface area (Å²) in [6.45, 7) is 1.38. The van der Waals surface area contributed by atoms with E-state index in [-0.39, 0.29) is 24.9 Å². The molecule has 0 spiro atoms. The third kappa shape index (κ3) is 5.40. The number of hydrogen-bond acceptors (Lipinski definition) is 5. The standard InChI is InChI=1S/C20H23N3O4S/c1-23(13-20(25)22-15-5-3-4-6-18(15)28-2)12-19(24)21-14-7-8-16-17(11-14)27-10-9-26-16/h3-8,11H,9-10,12-13H2,1-2H3,(H,21,24)(H,22,25)/p+1. The molecule has 0 aliphatic carbocycles. The van der Waals surface area contributed by atoms with Crippen LogP contribution in [-0.2, 0) is 9.59 Å². The van der Waals surface area contributed by atoms with E-state index in [1.807, 2.05) is 37.6 Å². The summed E-state index contributed by atoms with van der Waals surface area (Å²) in [5.41, 5.74) is 1.42. The topological polar surface area (TPSA) is 81.1 Å². The molecule has 8 heteroatoms. The van der Waals surface area contributed by atoms with Crippen LogP contribution < -0.4 is 25.0 Å². The normalized spacial score (nSPS) is 13.5. The van der Waals surface area contributed by atoms with Crippen LogP contribution in [0.5, 0.6) is 11.5 Å². The van der Waals surface area contributed by atoms with Gasteiger partial charge in [0.25, 0.3) is 11.8 Å². The molecule has 0 bridgehead atoms. The molecule has 0 saturated carbocycles. The van der Waals surface area contributed by atoms with Gasteiger partial charge in [-0.25, -0.2) is 0 Å². The quantitative estimate of drug-likeness (QED) is 0.608. The molecule has 3 N–H and O–H groups in total. The largest absolute Gasteiger partial charge is 0.486 e. The second kappa shape index (κ2) is 9.48. The second-order valence-corrected chi connectivity index (χ2v) is 7.31. The molecule has 0 radical (unpaired) electrons. The van der Waals surface area contributed by atoms with Crippen LogP contribution in [0, 0.1) is 0 Å². The molecule has 1 heterocycles. The fourth-order valence-electron chi connectivity index (χ4n) is 2.88. The first-order valence-electron chi connectivity index (χ1n) is 8.99. The molecule has 0 fully saturated rings. The van der Waals surface area contributed by atoms with Gasteiger partial charge in [0, 0.05) is 16.6 Å². The molecular formula is C20H24N3O4S+. The summed E-state index contributed by atoms with van der Waals surface area (Å²) in [5, 5.41) is 5.74. The minimum atomic E-state index is -0.175. The number of rotatable bonds is 7. The predicted octanol–water partition coefficient (Wildman–Crippen LogP) is 1.27. The molecule has 148 valence electrons. The molecular weight excluding hydrogens is 378 g/mol. The molecule has 0 saturated heterocycles. The number of carbonyl (C=O) groups is 2. The number of benzene rings is 2. The van der Waals surface area contributed by atoms with Gasteiger partial charge < -0.3 is 25.0 Å². The molecule has 1 unspecified atom stereocenters. The first-order valence-corrected chi connectivity index (χ1v) is 10.2. The maximum absolute atomic E-state index is 12.3. The van der Waals surface area contributed by atoms with Crippen LogP contribution in [0.15, 0.2) is 47.4 Å². The second-order valence-electron chi connectivity index (χ2n) is 6.47. The van der Waals surface area contributed by atoms with E-state index in [2.05, 4.69) is 10.6 Å². The van der Waals surface area contributed by atoms with Gasteiger partial charge in [-0.15, -0.1) is 11.8 Å². The minimum absolute atomic E-state index is 0.133. The molecule has 28 heavy (non-hydrogen) atoms. The molecule has 2 aromatic rings. The summed E-state index contributed by atoms with van der Waals surface area (Å²) in [7, 11) is 1.81. The zero-order valence-electron chi connectivity index (χ0n) is 15.9. The van der Waals surface area contributed by atoms with Gasteiger partial charge in [-0.05, 0) is 30.5 Å². The lowest BCUT2D eigenvalue weighted by Gasteiger charge is -2.19. The van der Waals surface area contributed by atoms with Crippen molar-refractivity contribution in [2.45, 2.75) is 4.90 Å². The molecule has 1 aliphatic rings. The van der Waals surface area contributed by atoms with Gasteiger partial charge in [-0.2, -0.15) is 0 Å². The summed E-state index contributed by atoms with van der Waals surface area (Å²) < 4.78 is 11.0. The van der Waals surface area contributed by atoms with Crippen molar-refractivity contribution in [2.75, 3.05) is 50.2 Å². The Hall–Kier alpha value is -2.71. The van der Waals surface area contributed by atoms with Crippen LogP contribution in [0.1, 0.15) is 0 Å². The maximum atomic E-state index is 12.3. The van der Waals surface area contributed by atoms with E-state index in [0.717, 1.165) is 15.5 Å². The third-order valence-electron chi connectivity index (χ3n) is 4.13. The van der Waals surface area contributed by atoms with Crippen molar-refractivity contribution in [3.8, 4) is 11.5 Å². The van der Waals surface area contributed by atoms with Crippen LogP contribution >= 0.6 is 11.8 Å². The number of thioether (sulfide) groups is 1. The number of hydrogen-bond donors (Lipinski definition) is 3. The molecule has 7 nitrogen and oxygen atoms in total. The van der Waals surface area contributed by atoms with E-state index >= 15 is 0 Å². The van der Waals surface area contributed by atoms with Crippen LogP contribution in [0.2, 0.25) is 0 Å². The number of nitrogens with one attached hydrogen (secondary N) is 3. The van der Waals surface area contributed by atoms with Gasteiger partial charge in [-0.3, -0.25) is 9.59 Å². The van der Waals surface area contributed by atoms with Crippen molar-refractivity contribution in [2.24, 2.45) is 0 Å². The number of para-hydroxylation sites is 1. The van der Waals surface area contributed by atoms with Gasteiger partial charge in [0.1, 0.15) is 13.2 Å². The van der Waals surface area contributed by atoms with Crippen molar-refractivity contribution in [1.29, 1.82) is 0 Å². The summed E-state index contributed by atoms with van der Waals surface area (Å²) in [4.78, 5) is 26.4. The van der Waals surface area contributed by atoms with Crippen LogP contribution in [-0.4, -0.2) is 51.4 Å². The summed E-state index contributed by atoms with van der Waals surface area (Å²) in [6, 6.07) is 12.9. The summed E-state index contributed by atoms with van der Waals surface area (Å²) >= 11 is 1.57. The van der Waals surface area contributed by atoms with Gasteiger partial charge in [0.05, 0.1) is 12.7 Å². The molecule has 0 aromatic heterocycles. The highest BCUT2D eigenvalue weighted by Gasteiger charge is 2.17. The van der Waals surface area contributed by atoms with Crippen LogP contribution in [0.4, 0.5) is 11.4 Å². The van der Waals surface area contributed by atoms with Crippen molar-refractivity contribution in [1.82, 2.24) is 0 Å². The number of quaternary nitrogens is 1. The number of ether oxygens (including phenoxy) is 2. The minimum Gasteiger partial charge on any atom is -0.486 e. The Balaban J connectivity index is 1.49. The highest BCUT2D eigenvalue weighted by molar-refractivity contribution is 7.98. The SMILES string of the molecule is CSc1ccccc1NC(=O)C[NH+](C)CC(=O)Nc1ccc2c(c1)OCCO2. The number of amides is 2. The van der Waals surface area contributed by atoms with Gasteiger partial charge in [-0.1, -0.05) is 12.1 Å². The Morgan fingerprint density at radius 2 is 1.68 bits per heavy atom.